The fraction of sp³-hybridized carbons (Fsp3) is 0.259. The summed E-state index contributed by atoms with van der Waals surface area (Å²) in [5.41, 5.74) is 7.71. The molecule has 36 heavy (non-hydrogen) atoms. The lowest BCUT2D eigenvalue weighted by molar-refractivity contribution is -0.116. The van der Waals surface area contributed by atoms with Crippen molar-refractivity contribution in [1.29, 1.82) is 5.41 Å². The fourth-order valence-corrected chi connectivity index (χ4v) is 4.79. The summed E-state index contributed by atoms with van der Waals surface area (Å²) in [5, 5.41) is 13.6. The third-order valence-electron chi connectivity index (χ3n) is 6.10. The summed E-state index contributed by atoms with van der Waals surface area (Å²) in [6.45, 7) is 4.05. The maximum atomic E-state index is 14.9. The maximum absolute atomic E-state index is 14.9. The first-order valence-corrected chi connectivity index (χ1v) is 13.5. The number of amides is 1. The average molecular weight is 511 g/mol. The van der Waals surface area contributed by atoms with Gasteiger partial charge in [0.15, 0.2) is 9.84 Å². The lowest BCUT2D eigenvalue weighted by Crippen LogP contribution is -2.32. The lowest BCUT2D eigenvalue weighted by Gasteiger charge is -2.25. The molecule has 5 N–H and O–H groups in total. The smallest absolute Gasteiger partial charge is 0.226 e. The number of nitrogen functional groups attached to an aromatic ring is 1. The topological polar surface area (TPSA) is 125 Å². The zero-order chi connectivity index (χ0) is 26.5. The second-order valence-corrected chi connectivity index (χ2v) is 10.8. The van der Waals surface area contributed by atoms with Gasteiger partial charge in [-0.25, -0.2) is 12.8 Å². The molecule has 0 aromatic heterocycles. The zero-order valence-electron chi connectivity index (χ0n) is 20.5. The molecular formula is C27H31FN4O3S. The Bertz CT molecular complexity index is 1370. The summed E-state index contributed by atoms with van der Waals surface area (Å²) in [6.07, 6.45) is 2.02. The minimum absolute atomic E-state index is 0.0158. The standard InChI is InChI=1S/C27H31FN4O3S/c1-4-17(2)24(31-20-9-7-8-19(14-20)27(29)30)16-26(33)32-23-13-12-18(15-22(23)28)21-10-5-6-11-25(21)36(3,34)35/h5-15,17,24,31H,4,16H2,1-3H3,(H3,29,30)(H,32,33)/t17-,24+/m0/s1. The van der Waals surface area contributed by atoms with Crippen molar-refractivity contribution in [1.82, 2.24) is 0 Å². The maximum Gasteiger partial charge on any atom is 0.226 e. The molecule has 0 aliphatic rings. The van der Waals surface area contributed by atoms with Crippen molar-refractivity contribution in [3.63, 3.8) is 0 Å². The van der Waals surface area contributed by atoms with Gasteiger partial charge < -0.3 is 16.4 Å². The van der Waals surface area contributed by atoms with Gasteiger partial charge in [0.2, 0.25) is 5.91 Å². The van der Waals surface area contributed by atoms with Gasteiger partial charge >= 0.3 is 0 Å². The molecule has 0 spiro atoms. The highest BCUT2D eigenvalue weighted by Gasteiger charge is 2.21. The molecule has 0 unspecified atom stereocenters. The Morgan fingerprint density at radius 3 is 2.44 bits per heavy atom. The SMILES string of the molecule is CC[C@H](C)[C@@H](CC(=O)Nc1ccc(-c2ccccc2S(C)(=O)=O)cc1F)Nc1cccc(C(=N)N)c1. The largest absolute Gasteiger partial charge is 0.384 e. The molecule has 0 aliphatic heterocycles. The number of carbonyl (C=O) groups is 1. The van der Waals surface area contributed by atoms with Crippen LogP contribution in [0.25, 0.3) is 11.1 Å². The van der Waals surface area contributed by atoms with Crippen LogP contribution in [0.2, 0.25) is 0 Å². The van der Waals surface area contributed by atoms with E-state index in [1.807, 2.05) is 19.9 Å². The molecule has 0 aliphatic carbocycles. The first kappa shape index (κ1) is 26.9. The minimum Gasteiger partial charge on any atom is -0.384 e. The van der Waals surface area contributed by atoms with Crippen molar-refractivity contribution < 1.29 is 17.6 Å². The van der Waals surface area contributed by atoms with Crippen molar-refractivity contribution >= 4 is 33.0 Å². The van der Waals surface area contributed by atoms with Gasteiger partial charge in [-0.2, -0.15) is 0 Å². The number of nitrogens with two attached hydrogens (primary N) is 1. The van der Waals surface area contributed by atoms with Gasteiger partial charge in [0.1, 0.15) is 11.7 Å². The summed E-state index contributed by atoms with van der Waals surface area (Å²) < 4.78 is 39.2. The molecule has 3 aromatic rings. The number of rotatable bonds is 10. The van der Waals surface area contributed by atoms with Gasteiger partial charge in [-0.15, -0.1) is 0 Å². The summed E-state index contributed by atoms with van der Waals surface area (Å²) in [5.74, 6) is -0.934. The number of benzene rings is 3. The Kier molecular flexibility index (Phi) is 8.47. The van der Waals surface area contributed by atoms with Gasteiger partial charge in [0.25, 0.3) is 0 Å². The van der Waals surface area contributed by atoms with E-state index in [9.17, 15) is 17.6 Å². The molecule has 0 saturated heterocycles. The van der Waals surface area contributed by atoms with Crippen molar-refractivity contribution in [2.24, 2.45) is 11.7 Å². The summed E-state index contributed by atoms with van der Waals surface area (Å²) in [7, 11) is -3.50. The van der Waals surface area contributed by atoms with Crippen LogP contribution in [0.15, 0.2) is 71.6 Å². The van der Waals surface area contributed by atoms with Gasteiger partial charge in [0, 0.05) is 35.5 Å². The van der Waals surface area contributed by atoms with E-state index in [1.54, 1.807) is 42.5 Å². The number of hydrogen-bond acceptors (Lipinski definition) is 5. The van der Waals surface area contributed by atoms with E-state index in [0.717, 1.165) is 18.4 Å². The van der Waals surface area contributed by atoms with Crippen LogP contribution in [0.4, 0.5) is 15.8 Å². The van der Waals surface area contributed by atoms with Crippen LogP contribution in [-0.4, -0.2) is 32.5 Å². The molecule has 0 fully saturated rings. The van der Waals surface area contributed by atoms with Gasteiger partial charge in [0.05, 0.1) is 10.6 Å². The molecule has 0 radical (unpaired) electrons. The number of nitrogens with one attached hydrogen (secondary N) is 3. The van der Waals surface area contributed by atoms with Crippen molar-refractivity contribution in [3.8, 4) is 11.1 Å². The van der Waals surface area contributed by atoms with Crippen LogP contribution in [-0.2, 0) is 14.6 Å². The number of anilines is 2. The van der Waals surface area contributed by atoms with Gasteiger partial charge in [-0.1, -0.05) is 56.7 Å². The molecule has 2 atom stereocenters. The van der Waals surface area contributed by atoms with Crippen molar-refractivity contribution in [3.05, 3.63) is 78.1 Å². The van der Waals surface area contributed by atoms with E-state index in [1.165, 1.54) is 18.2 Å². The third-order valence-corrected chi connectivity index (χ3v) is 7.26. The Morgan fingerprint density at radius 2 is 1.81 bits per heavy atom. The summed E-state index contributed by atoms with van der Waals surface area (Å²) >= 11 is 0. The first-order valence-electron chi connectivity index (χ1n) is 11.6. The van der Waals surface area contributed by atoms with Crippen LogP contribution in [0, 0.1) is 17.1 Å². The van der Waals surface area contributed by atoms with Crippen molar-refractivity contribution in [2.45, 2.75) is 37.6 Å². The molecule has 9 heteroatoms. The normalized spacial score (nSPS) is 13.0. The van der Waals surface area contributed by atoms with E-state index in [2.05, 4.69) is 10.6 Å². The number of sulfone groups is 1. The van der Waals surface area contributed by atoms with Crippen LogP contribution >= 0.6 is 0 Å². The molecule has 0 heterocycles. The third kappa shape index (κ3) is 6.69. The highest BCUT2D eigenvalue weighted by Crippen LogP contribution is 2.30. The summed E-state index contributed by atoms with van der Waals surface area (Å²) in [6, 6.07) is 17.5. The number of halogens is 1. The van der Waals surface area contributed by atoms with Crippen LogP contribution in [0.1, 0.15) is 32.3 Å². The number of hydrogen-bond donors (Lipinski definition) is 4. The molecule has 0 saturated carbocycles. The Labute approximate surface area is 211 Å². The summed E-state index contributed by atoms with van der Waals surface area (Å²) in [4.78, 5) is 13.0. The number of amidine groups is 1. The van der Waals surface area contributed by atoms with Gasteiger partial charge in [-0.3, -0.25) is 10.2 Å². The number of carbonyl (C=O) groups excluding carboxylic acids is 1. The predicted octanol–water partition coefficient (Wildman–Crippen LogP) is 5.04. The lowest BCUT2D eigenvalue weighted by atomic mass is 9.95. The second kappa shape index (κ2) is 11.3. The van der Waals surface area contributed by atoms with Crippen molar-refractivity contribution in [2.75, 3.05) is 16.9 Å². The zero-order valence-corrected chi connectivity index (χ0v) is 21.3. The van der Waals surface area contributed by atoms with E-state index < -0.39 is 15.7 Å². The Hall–Kier alpha value is -3.72. The van der Waals surface area contributed by atoms with E-state index in [0.29, 0.717) is 16.7 Å². The molecule has 1 amide bonds. The molecule has 3 rings (SSSR count). The van der Waals surface area contributed by atoms with Crippen LogP contribution in [0.5, 0.6) is 0 Å². The van der Waals surface area contributed by atoms with Crippen LogP contribution in [0.3, 0.4) is 0 Å². The van der Waals surface area contributed by atoms with E-state index in [4.69, 9.17) is 11.1 Å². The van der Waals surface area contributed by atoms with Crippen LogP contribution < -0.4 is 16.4 Å². The predicted molar refractivity (Wildman–Crippen MR) is 143 cm³/mol. The molecule has 190 valence electrons. The minimum atomic E-state index is -3.50. The molecule has 0 bridgehead atoms. The highest BCUT2D eigenvalue weighted by molar-refractivity contribution is 7.90. The molecular weight excluding hydrogens is 479 g/mol. The average Bonchev–Trinajstić information content (AvgIpc) is 2.84. The van der Waals surface area contributed by atoms with Gasteiger partial charge in [-0.05, 0) is 41.8 Å². The first-order chi connectivity index (χ1) is 17.0. The highest BCUT2D eigenvalue weighted by atomic mass is 32.2. The quantitative estimate of drug-likeness (QED) is 0.225. The van der Waals surface area contributed by atoms with E-state index in [-0.39, 0.29) is 40.7 Å². The second-order valence-electron chi connectivity index (χ2n) is 8.85. The molecule has 3 aromatic carbocycles. The Morgan fingerprint density at radius 1 is 1.08 bits per heavy atom. The monoisotopic (exact) mass is 510 g/mol. The van der Waals surface area contributed by atoms with E-state index >= 15 is 0 Å². The fourth-order valence-electron chi connectivity index (χ4n) is 3.88. The molecule has 7 nitrogen and oxygen atoms in total. The Balaban J connectivity index is 1.77.